The van der Waals surface area contributed by atoms with Crippen molar-refractivity contribution in [3.8, 4) is 0 Å². The number of aromatic nitrogens is 4. The molecule has 1 unspecified atom stereocenters. The van der Waals surface area contributed by atoms with Crippen LogP contribution in [0.2, 0.25) is 0 Å². The number of nitrogens with zero attached hydrogens (tertiary/aromatic N) is 4. The van der Waals surface area contributed by atoms with Crippen molar-refractivity contribution < 1.29 is 4.79 Å². The zero-order valence-electron chi connectivity index (χ0n) is 11.1. The Morgan fingerprint density at radius 3 is 3.00 bits per heavy atom. The smallest absolute Gasteiger partial charge is 0.242 e. The van der Waals surface area contributed by atoms with E-state index in [4.69, 9.17) is 0 Å². The molecule has 0 bridgehead atoms. The predicted molar refractivity (Wildman–Crippen MR) is 70.3 cm³/mol. The molecule has 0 fully saturated rings. The molecular weight excluding hydrogens is 242 g/mol. The van der Waals surface area contributed by atoms with Crippen molar-refractivity contribution >= 4 is 5.91 Å². The van der Waals surface area contributed by atoms with Crippen LogP contribution in [0.15, 0.2) is 30.7 Å². The van der Waals surface area contributed by atoms with Crippen LogP contribution in [0.1, 0.15) is 18.2 Å². The molecule has 0 aliphatic carbocycles. The lowest BCUT2D eigenvalue weighted by atomic mass is 10.1. The van der Waals surface area contributed by atoms with E-state index in [0.29, 0.717) is 0 Å². The van der Waals surface area contributed by atoms with Crippen molar-refractivity contribution in [2.45, 2.75) is 32.9 Å². The Balaban J connectivity index is 1.86. The van der Waals surface area contributed by atoms with Crippen LogP contribution in [0.25, 0.3) is 0 Å². The van der Waals surface area contributed by atoms with E-state index in [-0.39, 0.29) is 18.5 Å². The quantitative estimate of drug-likeness (QED) is 0.859. The minimum Gasteiger partial charge on any atom is -0.352 e. The van der Waals surface area contributed by atoms with Crippen LogP contribution in [-0.2, 0) is 17.8 Å². The normalized spacial score (nSPS) is 12.1. The maximum Gasteiger partial charge on any atom is 0.242 e. The number of nitrogens with one attached hydrogen (secondary N) is 1. The molecule has 1 atom stereocenters. The van der Waals surface area contributed by atoms with Gasteiger partial charge in [0.2, 0.25) is 5.91 Å². The van der Waals surface area contributed by atoms with Crippen LogP contribution >= 0.6 is 0 Å². The summed E-state index contributed by atoms with van der Waals surface area (Å²) in [4.78, 5) is 16.1. The van der Waals surface area contributed by atoms with E-state index in [1.807, 2.05) is 26.0 Å². The van der Waals surface area contributed by atoms with Crippen LogP contribution in [0.4, 0.5) is 0 Å². The first kappa shape index (κ1) is 13.2. The predicted octanol–water partition coefficient (Wildman–Crippen LogP) is 0.729. The van der Waals surface area contributed by atoms with E-state index in [0.717, 1.165) is 17.7 Å². The summed E-state index contributed by atoms with van der Waals surface area (Å²) in [5.74, 6) is -0.0772. The SMILES string of the molecule is Cc1cccnc1CC(C)NC(=O)Cn1ccnn1. The van der Waals surface area contributed by atoms with Gasteiger partial charge in [-0.15, -0.1) is 5.10 Å². The van der Waals surface area contributed by atoms with Gasteiger partial charge in [-0.25, -0.2) is 4.68 Å². The summed E-state index contributed by atoms with van der Waals surface area (Å²) in [6.45, 7) is 4.17. The van der Waals surface area contributed by atoms with Gasteiger partial charge in [-0.1, -0.05) is 11.3 Å². The highest BCUT2D eigenvalue weighted by atomic mass is 16.2. The van der Waals surface area contributed by atoms with Crippen molar-refractivity contribution in [2.75, 3.05) is 0 Å². The lowest BCUT2D eigenvalue weighted by molar-refractivity contribution is -0.122. The van der Waals surface area contributed by atoms with E-state index in [9.17, 15) is 4.79 Å². The van der Waals surface area contributed by atoms with Crippen LogP contribution in [-0.4, -0.2) is 31.9 Å². The van der Waals surface area contributed by atoms with Crippen LogP contribution in [0, 0.1) is 6.92 Å². The lowest BCUT2D eigenvalue weighted by Gasteiger charge is -2.14. The van der Waals surface area contributed by atoms with Gasteiger partial charge < -0.3 is 5.32 Å². The highest BCUT2D eigenvalue weighted by Crippen LogP contribution is 2.06. The molecule has 100 valence electrons. The largest absolute Gasteiger partial charge is 0.352 e. The first-order valence-corrected chi connectivity index (χ1v) is 6.19. The number of amides is 1. The molecule has 1 amide bonds. The van der Waals surface area contributed by atoms with Crippen molar-refractivity contribution in [1.29, 1.82) is 0 Å². The van der Waals surface area contributed by atoms with Crippen molar-refractivity contribution in [1.82, 2.24) is 25.3 Å². The second kappa shape index (κ2) is 6.08. The Bertz CT molecular complexity index is 538. The zero-order valence-corrected chi connectivity index (χ0v) is 11.1. The third-order valence-corrected chi connectivity index (χ3v) is 2.80. The molecule has 6 nitrogen and oxygen atoms in total. The van der Waals surface area contributed by atoms with Gasteiger partial charge in [-0.3, -0.25) is 9.78 Å². The number of hydrogen-bond donors (Lipinski definition) is 1. The summed E-state index contributed by atoms with van der Waals surface area (Å²) in [7, 11) is 0. The van der Waals surface area contributed by atoms with Gasteiger partial charge in [-0.2, -0.15) is 0 Å². The molecule has 0 radical (unpaired) electrons. The van der Waals surface area contributed by atoms with E-state index < -0.39 is 0 Å². The van der Waals surface area contributed by atoms with Gasteiger partial charge in [0, 0.05) is 30.6 Å². The molecule has 0 aromatic carbocycles. The van der Waals surface area contributed by atoms with E-state index in [1.165, 1.54) is 4.68 Å². The molecule has 2 rings (SSSR count). The van der Waals surface area contributed by atoms with Gasteiger partial charge in [0.15, 0.2) is 0 Å². The highest BCUT2D eigenvalue weighted by molar-refractivity contribution is 5.75. The summed E-state index contributed by atoms with van der Waals surface area (Å²) in [5.41, 5.74) is 2.15. The summed E-state index contributed by atoms with van der Waals surface area (Å²) in [5, 5.41) is 10.3. The molecule has 2 heterocycles. The van der Waals surface area contributed by atoms with E-state index in [2.05, 4.69) is 20.6 Å². The fourth-order valence-electron chi connectivity index (χ4n) is 1.86. The molecule has 0 spiro atoms. The first-order chi connectivity index (χ1) is 9.15. The third kappa shape index (κ3) is 3.87. The molecule has 0 aliphatic rings. The number of hydrogen-bond acceptors (Lipinski definition) is 4. The Hall–Kier alpha value is -2.24. The molecule has 0 saturated heterocycles. The third-order valence-electron chi connectivity index (χ3n) is 2.80. The average Bonchev–Trinajstić information content (AvgIpc) is 2.84. The number of rotatable bonds is 5. The summed E-state index contributed by atoms with van der Waals surface area (Å²) < 4.78 is 1.49. The summed E-state index contributed by atoms with van der Waals surface area (Å²) in [6.07, 6.45) is 5.70. The number of pyridine rings is 1. The van der Waals surface area contributed by atoms with Gasteiger partial charge in [0.1, 0.15) is 6.54 Å². The minimum absolute atomic E-state index is 0.0321. The topological polar surface area (TPSA) is 72.7 Å². The minimum atomic E-state index is -0.0772. The number of carbonyl (C=O) groups excluding carboxylic acids is 1. The fraction of sp³-hybridized carbons (Fsp3) is 0.385. The molecule has 19 heavy (non-hydrogen) atoms. The van der Waals surface area contributed by atoms with Crippen molar-refractivity contribution in [2.24, 2.45) is 0 Å². The second-order valence-corrected chi connectivity index (χ2v) is 4.54. The van der Waals surface area contributed by atoms with Gasteiger partial charge >= 0.3 is 0 Å². The molecule has 1 N–H and O–H groups in total. The summed E-state index contributed by atoms with van der Waals surface area (Å²) in [6, 6.07) is 3.96. The zero-order chi connectivity index (χ0) is 13.7. The molecule has 0 aliphatic heterocycles. The second-order valence-electron chi connectivity index (χ2n) is 4.54. The van der Waals surface area contributed by atoms with Gasteiger partial charge in [0.05, 0.1) is 6.20 Å². The molecular formula is C13H17N5O. The number of aryl methyl sites for hydroxylation is 1. The average molecular weight is 259 g/mol. The Morgan fingerprint density at radius 1 is 1.47 bits per heavy atom. The van der Waals surface area contributed by atoms with E-state index >= 15 is 0 Å². The molecule has 6 heteroatoms. The molecule has 2 aromatic rings. The van der Waals surface area contributed by atoms with Crippen molar-refractivity contribution in [3.63, 3.8) is 0 Å². The fourth-order valence-corrected chi connectivity index (χ4v) is 1.86. The maximum atomic E-state index is 11.8. The monoisotopic (exact) mass is 259 g/mol. The lowest BCUT2D eigenvalue weighted by Crippen LogP contribution is -2.36. The molecule has 2 aromatic heterocycles. The first-order valence-electron chi connectivity index (χ1n) is 6.19. The number of carbonyl (C=O) groups is 1. The van der Waals surface area contributed by atoms with Gasteiger partial charge in [-0.05, 0) is 25.5 Å². The maximum absolute atomic E-state index is 11.8. The molecule has 0 saturated carbocycles. The standard InChI is InChI=1S/C13H17N5O/c1-10-4-3-5-14-12(10)8-11(2)16-13(19)9-18-7-6-15-17-18/h3-7,11H,8-9H2,1-2H3,(H,16,19). The Labute approximate surface area is 111 Å². The van der Waals surface area contributed by atoms with Crippen LogP contribution < -0.4 is 5.32 Å². The van der Waals surface area contributed by atoms with Crippen LogP contribution in [0.5, 0.6) is 0 Å². The Morgan fingerprint density at radius 2 is 2.32 bits per heavy atom. The summed E-state index contributed by atoms with van der Waals surface area (Å²) >= 11 is 0. The Kier molecular flexibility index (Phi) is 4.22. The highest BCUT2D eigenvalue weighted by Gasteiger charge is 2.10. The van der Waals surface area contributed by atoms with Crippen molar-refractivity contribution in [3.05, 3.63) is 42.0 Å². The van der Waals surface area contributed by atoms with E-state index in [1.54, 1.807) is 18.6 Å². The van der Waals surface area contributed by atoms with Gasteiger partial charge in [0.25, 0.3) is 0 Å². The van der Waals surface area contributed by atoms with Crippen LogP contribution in [0.3, 0.4) is 0 Å².